The summed E-state index contributed by atoms with van der Waals surface area (Å²) < 4.78 is 0. The van der Waals surface area contributed by atoms with E-state index in [-0.39, 0.29) is 12.3 Å². The summed E-state index contributed by atoms with van der Waals surface area (Å²) in [6, 6.07) is 10.4. The molecule has 0 radical (unpaired) electrons. The van der Waals surface area contributed by atoms with Gasteiger partial charge < -0.3 is 16.0 Å². The molecule has 0 bridgehead atoms. The Kier molecular flexibility index (Phi) is 9.47. The minimum absolute atomic E-state index is 0.0948. The first-order valence-electron chi connectivity index (χ1n) is 11.4. The van der Waals surface area contributed by atoms with Crippen LogP contribution in [0.2, 0.25) is 0 Å². The van der Waals surface area contributed by atoms with E-state index in [1.165, 1.54) is 6.20 Å². The number of hydrogen-bond donors (Lipinski definition) is 3. The van der Waals surface area contributed by atoms with Crippen LogP contribution in [-0.2, 0) is 20.8 Å². The number of amides is 3. The maximum absolute atomic E-state index is 13.2. The first-order valence-corrected chi connectivity index (χ1v) is 11.4. The van der Waals surface area contributed by atoms with Crippen LogP contribution in [0.4, 0.5) is 0 Å². The van der Waals surface area contributed by atoms with E-state index in [1.54, 1.807) is 39.1 Å². The van der Waals surface area contributed by atoms with E-state index in [1.807, 2.05) is 44.2 Å². The van der Waals surface area contributed by atoms with Gasteiger partial charge in [-0.25, -0.2) is 0 Å². The molecule has 8 heteroatoms. The molecule has 1 heterocycles. The Morgan fingerprint density at radius 1 is 0.912 bits per heavy atom. The van der Waals surface area contributed by atoms with Gasteiger partial charge in [-0.1, -0.05) is 44.2 Å². The Hall–Kier alpha value is -3.55. The molecular formula is C26H34N4O4. The third kappa shape index (κ3) is 8.77. The molecule has 0 spiro atoms. The normalized spacial score (nSPS) is 13.0. The average molecular weight is 467 g/mol. The molecule has 2 atom stereocenters. The summed E-state index contributed by atoms with van der Waals surface area (Å²) in [4.78, 5) is 55.4. The van der Waals surface area contributed by atoms with E-state index in [2.05, 4.69) is 20.9 Å². The maximum atomic E-state index is 13.2. The van der Waals surface area contributed by atoms with Crippen LogP contribution in [0.15, 0.2) is 54.9 Å². The summed E-state index contributed by atoms with van der Waals surface area (Å²) in [7, 11) is 0. The molecule has 182 valence electrons. The van der Waals surface area contributed by atoms with Crippen molar-refractivity contribution in [1.82, 2.24) is 20.9 Å². The smallest absolute Gasteiger partial charge is 0.290 e. The molecule has 2 aromatic rings. The van der Waals surface area contributed by atoms with E-state index >= 15 is 0 Å². The molecule has 0 saturated heterocycles. The zero-order chi connectivity index (χ0) is 25.3. The Morgan fingerprint density at radius 3 is 2.15 bits per heavy atom. The summed E-state index contributed by atoms with van der Waals surface area (Å²) in [5.41, 5.74) is 0.515. The van der Waals surface area contributed by atoms with Crippen molar-refractivity contribution < 1.29 is 19.2 Å². The lowest BCUT2D eigenvalue weighted by atomic mass is 9.98. The Morgan fingerprint density at radius 2 is 1.59 bits per heavy atom. The van der Waals surface area contributed by atoms with Gasteiger partial charge in [0.05, 0.1) is 5.56 Å². The first-order chi connectivity index (χ1) is 16.0. The van der Waals surface area contributed by atoms with Crippen molar-refractivity contribution in [1.29, 1.82) is 0 Å². The van der Waals surface area contributed by atoms with Crippen molar-refractivity contribution in [3.8, 4) is 0 Å². The summed E-state index contributed by atoms with van der Waals surface area (Å²) in [6.45, 7) is 9.18. The number of benzene rings is 1. The summed E-state index contributed by atoms with van der Waals surface area (Å²) in [5.74, 6) is -2.38. The summed E-state index contributed by atoms with van der Waals surface area (Å²) in [6.07, 6.45) is 3.47. The van der Waals surface area contributed by atoms with Gasteiger partial charge in [0, 0.05) is 24.4 Å². The predicted molar refractivity (Wildman–Crippen MR) is 130 cm³/mol. The standard InChI is InChI=1S/C26H34N4O4/c1-17(2)14-21(29-23(32)19-12-9-13-27-16-19)24(33)28-20(15-18-10-7-6-8-11-18)22(31)25(34)30-26(3,4)5/h6-13,16-17,20-21H,14-15H2,1-5H3,(H,28,33)(H,29,32)(H,30,34)/t20?,21-/m0/s1. The van der Waals surface area contributed by atoms with Gasteiger partial charge in [0.25, 0.3) is 11.8 Å². The molecule has 0 aliphatic heterocycles. The number of rotatable bonds is 10. The molecule has 0 aliphatic carbocycles. The number of Topliss-reactive ketones (excluding diaryl/α,β-unsaturated/α-hetero) is 1. The van der Waals surface area contributed by atoms with Crippen LogP contribution >= 0.6 is 0 Å². The highest BCUT2D eigenvalue weighted by Crippen LogP contribution is 2.10. The van der Waals surface area contributed by atoms with Crippen molar-refractivity contribution in [2.24, 2.45) is 5.92 Å². The van der Waals surface area contributed by atoms with Crippen LogP contribution in [0, 0.1) is 5.92 Å². The quantitative estimate of drug-likeness (QED) is 0.465. The molecule has 1 aromatic heterocycles. The Bertz CT molecular complexity index is 985. The lowest BCUT2D eigenvalue weighted by Crippen LogP contribution is -2.56. The van der Waals surface area contributed by atoms with Crippen LogP contribution in [0.25, 0.3) is 0 Å². The van der Waals surface area contributed by atoms with Crippen molar-refractivity contribution in [3.63, 3.8) is 0 Å². The van der Waals surface area contributed by atoms with Gasteiger partial charge in [0.2, 0.25) is 11.7 Å². The van der Waals surface area contributed by atoms with E-state index in [0.717, 1.165) is 5.56 Å². The number of nitrogens with zero attached hydrogens (tertiary/aromatic N) is 1. The van der Waals surface area contributed by atoms with E-state index in [9.17, 15) is 19.2 Å². The minimum atomic E-state index is -1.08. The molecule has 1 aromatic carbocycles. The molecule has 34 heavy (non-hydrogen) atoms. The van der Waals surface area contributed by atoms with Gasteiger partial charge in [-0.05, 0) is 50.8 Å². The number of aromatic nitrogens is 1. The second-order valence-electron chi connectivity index (χ2n) is 9.72. The number of nitrogens with one attached hydrogen (secondary N) is 3. The van der Waals surface area contributed by atoms with E-state index in [4.69, 9.17) is 0 Å². The van der Waals surface area contributed by atoms with Crippen LogP contribution in [0.1, 0.15) is 57.0 Å². The average Bonchev–Trinajstić information content (AvgIpc) is 2.77. The van der Waals surface area contributed by atoms with Gasteiger partial charge in [-0.15, -0.1) is 0 Å². The highest BCUT2D eigenvalue weighted by atomic mass is 16.2. The Labute approximate surface area is 200 Å². The molecule has 8 nitrogen and oxygen atoms in total. The van der Waals surface area contributed by atoms with Gasteiger partial charge in [0.1, 0.15) is 12.1 Å². The molecule has 3 amide bonds. The summed E-state index contributed by atoms with van der Waals surface area (Å²) in [5, 5.41) is 8.11. The zero-order valence-corrected chi connectivity index (χ0v) is 20.4. The molecule has 1 unspecified atom stereocenters. The third-order valence-corrected chi connectivity index (χ3v) is 4.88. The topological polar surface area (TPSA) is 117 Å². The van der Waals surface area contributed by atoms with Crippen LogP contribution < -0.4 is 16.0 Å². The number of ketones is 1. The van der Waals surface area contributed by atoms with E-state index < -0.39 is 41.1 Å². The van der Waals surface area contributed by atoms with Crippen LogP contribution in [0.5, 0.6) is 0 Å². The lowest BCUT2D eigenvalue weighted by molar-refractivity contribution is -0.141. The second kappa shape index (κ2) is 12.1. The number of carbonyl (C=O) groups excluding carboxylic acids is 4. The highest BCUT2D eigenvalue weighted by Gasteiger charge is 2.32. The lowest BCUT2D eigenvalue weighted by Gasteiger charge is -2.25. The van der Waals surface area contributed by atoms with E-state index in [0.29, 0.717) is 12.0 Å². The largest absolute Gasteiger partial charge is 0.345 e. The molecule has 0 fully saturated rings. The van der Waals surface area contributed by atoms with Crippen molar-refractivity contribution in [2.75, 3.05) is 0 Å². The van der Waals surface area contributed by atoms with Gasteiger partial charge in [-0.3, -0.25) is 24.2 Å². The van der Waals surface area contributed by atoms with Gasteiger partial charge in [0.15, 0.2) is 0 Å². The molecule has 0 aliphatic rings. The fraction of sp³-hybridized carbons (Fsp3) is 0.423. The fourth-order valence-electron chi connectivity index (χ4n) is 3.33. The molecule has 0 saturated carbocycles. The van der Waals surface area contributed by atoms with Gasteiger partial charge >= 0.3 is 0 Å². The molecular weight excluding hydrogens is 432 g/mol. The molecule has 3 N–H and O–H groups in total. The number of hydrogen-bond acceptors (Lipinski definition) is 5. The van der Waals surface area contributed by atoms with Crippen LogP contribution in [-0.4, -0.2) is 46.1 Å². The van der Waals surface area contributed by atoms with Gasteiger partial charge in [-0.2, -0.15) is 0 Å². The van der Waals surface area contributed by atoms with Crippen LogP contribution in [0.3, 0.4) is 0 Å². The minimum Gasteiger partial charge on any atom is -0.345 e. The maximum Gasteiger partial charge on any atom is 0.290 e. The third-order valence-electron chi connectivity index (χ3n) is 4.88. The predicted octanol–water partition coefficient (Wildman–Crippen LogP) is 2.44. The zero-order valence-electron chi connectivity index (χ0n) is 20.4. The fourth-order valence-corrected chi connectivity index (χ4v) is 3.33. The SMILES string of the molecule is CC(C)C[C@H](NC(=O)c1cccnc1)C(=O)NC(Cc1ccccc1)C(=O)C(=O)NC(C)(C)C. The number of pyridine rings is 1. The van der Waals surface area contributed by atoms with Crippen molar-refractivity contribution >= 4 is 23.5 Å². The summed E-state index contributed by atoms with van der Waals surface area (Å²) >= 11 is 0. The highest BCUT2D eigenvalue weighted by molar-refractivity contribution is 6.38. The first kappa shape index (κ1) is 26.7. The monoisotopic (exact) mass is 466 g/mol. The van der Waals surface area contributed by atoms with Crippen molar-refractivity contribution in [2.45, 2.75) is 65.1 Å². The van der Waals surface area contributed by atoms with Crippen molar-refractivity contribution in [3.05, 3.63) is 66.0 Å². The molecule has 2 rings (SSSR count). The second-order valence-corrected chi connectivity index (χ2v) is 9.72. The number of carbonyl (C=O) groups is 4. The Balaban J connectivity index is 2.24.